The molecule has 0 aliphatic heterocycles. The number of nitrogen functional groups attached to an aromatic ring is 2. The van der Waals surface area contributed by atoms with Crippen molar-refractivity contribution >= 4 is 17.2 Å². The third-order valence-electron chi connectivity index (χ3n) is 2.65. The van der Waals surface area contributed by atoms with Crippen molar-refractivity contribution in [3.05, 3.63) is 31.0 Å². The van der Waals surface area contributed by atoms with Crippen LogP contribution < -0.4 is 21.4 Å². The van der Waals surface area contributed by atoms with Gasteiger partial charge in [0, 0.05) is 13.0 Å². The van der Waals surface area contributed by atoms with Crippen LogP contribution in [0.3, 0.4) is 0 Å². The predicted octanol–water partition coefficient (Wildman–Crippen LogP) is 0.374. The van der Waals surface area contributed by atoms with Gasteiger partial charge in [-0.1, -0.05) is 0 Å². The molecule has 0 spiro atoms. The molecular weight excluding hydrogens is 228 g/mol. The number of nitrogens with zero attached hydrogens (tertiary/aromatic N) is 3. The molecule has 2 heterocycles. The third-order valence-corrected chi connectivity index (χ3v) is 2.65. The molecule has 2 rings (SSSR count). The molecule has 0 saturated heterocycles. The van der Waals surface area contributed by atoms with E-state index in [1.165, 1.54) is 0 Å². The average molecular weight is 247 g/mol. The first-order valence-electron chi connectivity index (χ1n) is 5.91. The maximum atomic E-state index is 5.80. The lowest BCUT2D eigenvalue weighted by atomic mass is 10.3. The fourth-order valence-corrected chi connectivity index (χ4v) is 1.75. The Bertz CT molecular complexity index is 519. The van der Waals surface area contributed by atoms with Crippen molar-refractivity contribution in [3.8, 4) is 0 Å². The van der Waals surface area contributed by atoms with Crippen LogP contribution in [0.4, 0.5) is 17.2 Å². The van der Waals surface area contributed by atoms with Crippen molar-refractivity contribution in [2.75, 3.05) is 23.3 Å². The van der Waals surface area contributed by atoms with Gasteiger partial charge in [-0.05, 0) is 6.07 Å². The summed E-state index contributed by atoms with van der Waals surface area (Å²) in [5, 5.41) is 3.21. The van der Waals surface area contributed by atoms with Crippen LogP contribution in [-0.2, 0) is 13.6 Å². The Balaban J connectivity index is 1.78. The summed E-state index contributed by atoms with van der Waals surface area (Å²) in [4.78, 5) is 4.15. The Morgan fingerprint density at radius 1 is 1.44 bits per heavy atom. The minimum atomic E-state index is 0.581. The van der Waals surface area contributed by atoms with Crippen LogP contribution >= 0.6 is 0 Å². The Labute approximate surface area is 106 Å². The number of nitrogens with one attached hydrogen (secondary N) is 1. The molecular formula is C12H19N6+. The first kappa shape index (κ1) is 12.2. The zero-order valence-corrected chi connectivity index (χ0v) is 10.5. The Morgan fingerprint density at radius 2 is 2.28 bits per heavy atom. The first-order chi connectivity index (χ1) is 8.65. The molecule has 0 aliphatic rings. The van der Waals surface area contributed by atoms with E-state index in [9.17, 15) is 0 Å². The van der Waals surface area contributed by atoms with Crippen LogP contribution in [0.25, 0.3) is 0 Å². The van der Waals surface area contributed by atoms with Crippen molar-refractivity contribution in [2.24, 2.45) is 7.05 Å². The average Bonchev–Trinajstić information content (AvgIpc) is 2.73. The second-order valence-electron chi connectivity index (χ2n) is 4.30. The molecule has 96 valence electrons. The van der Waals surface area contributed by atoms with Gasteiger partial charge in [-0.2, -0.15) is 0 Å². The Kier molecular flexibility index (Phi) is 3.66. The van der Waals surface area contributed by atoms with E-state index in [2.05, 4.69) is 27.4 Å². The molecule has 0 aromatic carbocycles. The molecule has 0 saturated carbocycles. The SMILES string of the molecule is C[n+]1ccn(CCCNc2ncc(N)cc2N)c1. The quantitative estimate of drug-likeness (QED) is 0.526. The Hall–Kier alpha value is -2.24. The number of rotatable bonds is 5. The van der Waals surface area contributed by atoms with Crippen molar-refractivity contribution in [1.82, 2.24) is 9.55 Å². The largest absolute Gasteiger partial charge is 0.397 e. The topological polar surface area (TPSA) is 85.8 Å². The van der Waals surface area contributed by atoms with E-state index in [4.69, 9.17) is 11.5 Å². The molecule has 0 atom stereocenters. The van der Waals surface area contributed by atoms with Crippen LogP contribution in [0.15, 0.2) is 31.0 Å². The van der Waals surface area contributed by atoms with E-state index in [0.717, 1.165) is 19.5 Å². The zero-order chi connectivity index (χ0) is 13.0. The summed E-state index contributed by atoms with van der Waals surface area (Å²) in [5.74, 6) is 0.697. The highest BCUT2D eigenvalue weighted by molar-refractivity contribution is 5.65. The maximum absolute atomic E-state index is 5.80. The molecule has 2 aromatic heterocycles. The minimum absolute atomic E-state index is 0.581. The second kappa shape index (κ2) is 5.39. The molecule has 0 bridgehead atoms. The van der Waals surface area contributed by atoms with Crippen molar-refractivity contribution in [1.29, 1.82) is 0 Å². The summed E-state index contributed by atoms with van der Waals surface area (Å²) in [5.41, 5.74) is 12.6. The summed E-state index contributed by atoms with van der Waals surface area (Å²) in [7, 11) is 2.01. The van der Waals surface area contributed by atoms with Crippen LogP contribution in [0, 0.1) is 0 Å². The third kappa shape index (κ3) is 3.13. The van der Waals surface area contributed by atoms with Crippen LogP contribution in [-0.4, -0.2) is 16.1 Å². The monoisotopic (exact) mass is 247 g/mol. The lowest BCUT2D eigenvalue weighted by molar-refractivity contribution is -0.671. The van der Waals surface area contributed by atoms with Gasteiger partial charge in [-0.15, -0.1) is 0 Å². The van der Waals surface area contributed by atoms with Crippen molar-refractivity contribution < 1.29 is 4.57 Å². The number of anilines is 3. The molecule has 5 N–H and O–H groups in total. The van der Waals surface area contributed by atoms with Gasteiger partial charge in [0.15, 0.2) is 0 Å². The highest BCUT2D eigenvalue weighted by atomic mass is 15.1. The first-order valence-corrected chi connectivity index (χ1v) is 5.91. The van der Waals surface area contributed by atoms with Gasteiger partial charge >= 0.3 is 0 Å². The summed E-state index contributed by atoms with van der Waals surface area (Å²) in [6, 6.07) is 1.71. The summed E-state index contributed by atoms with van der Waals surface area (Å²) in [6.07, 6.45) is 8.73. The van der Waals surface area contributed by atoms with E-state index in [-0.39, 0.29) is 0 Å². The van der Waals surface area contributed by atoms with E-state index in [1.54, 1.807) is 12.3 Å². The standard InChI is InChI=1S/C12H19N6/c1-17-5-6-18(9-17)4-2-3-15-12-11(14)7-10(13)8-16-12/h5-9H,2-4,13-14H2,1H3,(H,15,16)/q+1. The van der Waals surface area contributed by atoms with E-state index < -0.39 is 0 Å². The molecule has 6 nitrogen and oxygen atoms in total. The number of hydrogen-bond acceptors (Lipinski definition) is 4. The minimum Gasteiger partial charge on any atom is -0.397 e. The maximum Gasteiger partial charge on any atom is 0.243 e. The molecule has 0 unspecified atom stereocenters. The zero-order valence-electron chi connectivity index (χ0n) is 10.5. The van der Waals surface area contributed by atoms with Crippen molar-refractivity contribution in [2.45, 2.75) is 13.0 Å². The fraction of sp³-hybridized carbons (Fsp3) is 0.333. The van der Waals surface area contributed by atoms with Gasteiger partial charge in [0.05, 0.1) is 31.2 Å². The summed E-state index contributed by atoms with van der Waals surface area (Å²) in [6.45, 7) is 1.78. The van der Waals surface area contributed by atoms with Crippen LogP contribution in [0.5, 0.6) is 0 Å². The molecule has 2 aromatic rings. The smallest absolute Gasteiger partial charge is 0.243 e. The van der Waals surface area contributed by atoms with E-state index >= 15 is 0 Å². The Morgan fingerprint density at radius 3 is 2.94 bits per heavy atom. The lowest BCUT2D eigenvalue weighted by Crippen LogP contribution is -2.23. The number of aryl methyl sites for hydroxylation is 2. The van der Waals surface area contributed by atoms with Gasteiger partial charge in [0.1, 0.15) is 18.2 Å². The number of imidazole rings is 1. The molecule has 18 heavy (non-hydrogen) atoms. The molecule has 0 amide bonds. The number of pyridine rings is 1. The second-order valence-corrected chi connectivity index (χ2v) is 4.30. The predicted molar refractivity (Wildman–Crippen MR) is 71.8 cm³/mol. The lowest BCUT2D eigenvalue weighted by Gasteiger charge is -2.07. The van der Waals surface area contributed by atoms with Gasteiger partial charge < -0.3 is 16.8 Å². The summed E-state index contributed by atoms with van der Waals surface area (Å²) < 4.78 is 4.16. The van der Waals surface area contributed by atoms with E-state index in [1.807, 2.05) is 17.8 Å². The highest BCUT2D eigenvalue weighted by Gasteiger charge is 2.02. The normalized spacial score (nSPS) is 10.5. The van der Waals surface area contributed by atoms with Gasteiger partial charge in [-0.3, -0.25) is 0 Å². The van der Waals surface area contributed by atoms with Gasteiger partial charge in [0.2, 0.25) is 6.33 Å². The van der Waals surface area contributed by atoms with Gasteiger partial charge in [0.25, 0.3) is 0 Å². The summed E-state index contributed by atoms with van der Waals surface area (Å²) >= 11 is 0. The number of nitrogens with two attached hydrogens (primary N) is 2. The van der Waals surface area contributed by atoms with Crippen molar-refractivity contribution in [3.63, 3.8) is 0 Å². The molecule has 0 radical (unpaired) electrons. The molecule has 6 heteroatoms. The van der Waals surface area contributed by atoms with E-state index in [0.29, 0.717) is 17.2 Å². The molecule has 0 fully saturated rings. The number of aromatic nitrogens is 3. The molecule has 0 aliphatic carbocycles. The fourth-order valence-electron chi connectivity index (χ4n) is 1.75. The van der Waals surface area contributed by atoms with Crippen LogP contribution in [0.2, 0.25) is 0 Å². The number of hydrogen-bond donors (Lipinski definition) is 3. The highest BCUT2D eigenvalue weighted by Crippen LogP contribution is 2.16. The van der Waals surface area contributed by atoms with Crippen LogP contribution in [0.1, 0.15) is 6.42 Å². The van der Waals surface area contributed by atoms with Gasteiger partial charge in [-0.25, -0.2) is 14.1 Å².